The first-order chi connectivity index (χ1) is 9.58. The van der Waals surface area contributed by atoms with Gasteiger partial charge in [-0.2, -0.15) is 0 Å². The Morgan fingerprint density at radius 3 is 2.65 bits per heavy atom. The first-order valence-electron chi connectivity index (χ1n) is 7.46. The minimum atomic E-state index is 0.247. The topological polar surface area (TPSA) is 15.3 Å². The predicted octanol–water partition coefficient (Wildman–Crippen LogP) is 4.52. The maximum Gasteiger partial charge on any atom is 0.0468 e. The first-order valence-corrected chi connectivity index (χ1v) is 8.22. The molecule has 1 aromatic rings. The van der Waals surface area contributed by atoms with Gasteiger partial charge in [0.1, 0.15) is 0 Å². The van der Waals surface area contributed by atoms with Crippen molar-refractivity contribution in [2.45, 2.75) is 44.7 Å². The number of likely N-dealkylation sites (N-methyl/N-ethyl adjacent to an activating group) is 1. The Hall–Kier alpha value is -0.280. The van der Waals surface area contributed by atoms with E-state index in [0.29, 0.717) is 5.02 Å². The second kappa shape index (κ2) is 7.65. The van der Waals surface area contributed by atoms with Crippen LogP contribution in [0.4, 0.5) is 0 Å². The number of hydrogen-bond donors (Lipinski definition) is 1. The molecule has 0 heterocycles. The summed E-state index contributed by atoms with van der Waals surface area (Å²) in [5, 5.41) is 4.97. The molecule has 1 atom stereocenters. The Morgan fingerprint density at radius 1 is 1.30 bits per heavy atom. The minimum Gasteiger partial charge on any atom is -0.309 e. The predicted molar refractivity (Wildman–Crippen MR) is 87.8 cm³/mol. The fraction of sp³-hybridized carbons (Fsp3) is 0.625. The maximum absolute atomic E-state index is 6.23. The molecule has 112 valence electrons. The quantitative estimate of drug-likeness (QED) is 0.830. The van der Waals surface area contributed by atoms with E-state index in [1.807, 2.05) is 12.1 Å². The fourth-order valence-electron chi connectivity index (χ4n) is 2.95. The van der Waals surface area contributed by atoms with Crippen LogP contribution in [-0.4, -0.2) is 31.1 Å². The number of benzene rings is 1. The van der Waals surface area contributed by atoms with Gasteiger partial charge < -0.3 is 10.2 Å². The van der Waals surface area contributed by atoms with Crippen molar-refractivity contribution >= 4 is 23.2 Å². The summed E-state index contributed by atoms with van der Waals surface area (Å²) in [5.41, 5.74) is 1.11. The summed E-state index contributed by atoms with van der Waals surface area (Å²) in [6.45, 7) is 4.21. The summed E-state index contributed by atoms with van der Waals surface area (Å²) in [5.74, 6) is 0. The van der Waals surface area contributed by atoms with Crippen molar-refractivity contribution < 1.29 is 0 Å². The molecule has 1 fully saturated rings. The lowest BCUT2D eigenvalue weighted by Crippen LogP contribution is -2.36. The van der Waals surface area contributed by atoms with E-state index >= 15 is 0 Å². The highest BCUT2D eigenvalue weighted by Crippen LogP contribution is 2.26. The van der Waals surface area contributed by atoms with Crippen molar-refractivity contribution in [3.8, 4) is 0 Å². The van der Waals surface area contributed by atoms with Gasteiger partial charge in [-0.05, 0) is 44.5 Å². The van der Waals surface area contributed by atoms with Crippen LogP contribution < -0.4 is 5.32 Å². The summed E-state index contributed by atoms with van der Waals surface area (Å²) in [4.78, 5) is 2.48. The van der Waals surface area contributed by atoms with Gasteiger partial charge in [0.25, 0.3) is 0 Å². The van der Waals surface area contributed by atoms with Crippen molar-refractivity contribution in [1.29, 1.82) is 0 Å². The molecule has 0 spiro atoms. The minimum absolute atomic E-state index is 0.247. The van der Waals surface area contributed by atoms with Gasteiger partial charge in [-0.15, -0.1) is 0 Å². The van der Waals surface area contributed by atoms with Crippen molar-refractivity contribution in [2.75, 3.05) is 20.1 Å². The van der Waals surface area contributed by atoms with Crippen molar-refractivity contribution in [2.24, 2.45) is 0 Å². The van der Waals surface area contributed by atoms with Gasteiger partial charge in [-0.1, -0.05) is 42.1 Å². The molecule has 0 saturated heterocycles. The molecule has 1 aliphatic rings. The van der Waals surface area contributed by atoms with Crippen LogP contribution in [0.1, 0.15) is 44.2 Å². The van der Waals surface area contributed by atoms with Gasteiger partial charge in [0.2, 0.25) is 0 Å². The third-order valence-corrected chi connectivity index (χ3v) is 4.85. The Labute approximate surface area is 132 Å². The van der Waals surface area contributed by atoms with Gasteiger partial charge >= 0.3 is 0 Å². The molecule has 1 saturated carbocycles. The molecule has 20 heavy (non-hydrogen) atoms. The lowest BCUT2D eigenvalue weighted by molar-refractivity contribution is 0.243. The molecule has 1 aliphatic carbocycles. The van der Waals surface area contributed by atoms with E-state index in [9.17, 15) is 0 Å². The molecule has 2 rings (SSSR count). The van der Waals surface area contributed by atoms with Crippen LogP contribution in [-0.2, 0) is 0 Å². The number of hydrogen-bond acceptors (Lipinski definition) is 2. The van der Waals surface area contributed by atoms with Crippen LogP contribution in [0.3, 0.4) is 0 Å². The van der Waals surface area contributed by atoms with E-state index < -0.39 is 0 Å². The third-order valence-electron chi connectivity index (χ3n) is 4.29. The molecule has 1 unspecified atom stereocenters. The molecule has 0 radical (unpaired) electrons. The standard InChI is InChI=1S/C16H24Cl2N2/c1-12(15-8-7-13(17)11-16(15)18)19-9-10-20(2)14-5-3-4-6-14/h7-8,11-12,14,19H,3-6,9-10H2,1-2H3. The van der Waals surface area contributed by atoms with E-state index in [4.69, 9.17) is 23.2 Å². The largest absolute Gasteiger partial charge is 0.309 e. The van der Waals surface area contributed by atoms with E-state index in [-0.39, 0.29) is 6.04 Å². The molecule has 4 heteroatoms. The zero-order chi connectivity index (χ0) is 14.5. The van der Waals surface area contributed by atoms with Crippen LogP contribution in [0.15, 0.2) is 18.2 Å². The van der Waals surface area contributed by atoms with Gasteiger partial charge in [0.15, 0.2) is 0 Å². The molecule has 0 amide bonds. The van der Waals surface area contributed by atoms with Crippen LogP contribution in [0.2, 0.25) is 10.0 Å². The van der Waals surface area contributed by atoms with E-state index in [1.165, 1.54) is 25.7 Å². The van der Waals surface area contributed by atoms with Gasteiger partial charge in [0, 0.05) is 35.2 Å². The third kappa shape index (κ3) is 4.36. The van der Waals surface area contributed by atoms with Crippen LogP contribution in [0.5, 0.6) is 0 Å². The maximum atomic E-state index is 6.23. The Bertz CT molecular complexity index is 430. The fourth-order valence-corrected chi connectivity index (χ4v) is 3.52. The Balaban J connectivity index is 1.78. The average molecular weight is 315 g/mol. The highest BCUT2D eigenvalue weighted by molar-refractivity contribution is 6.35. The van der Waals surface area contributed by atoms with Gasteiger partial charge in [-0.3, -0.25) is 0 Å². The molecule has 0 aromatic heterocycles. The van der Waals surface area contributed by atoms with Crippen LogP contribution in [0, 0.1) is 0 Å². The lowest BCUT2D eigenvalue weighted by atomic mass is 10.1. The van der Waals surface area contributed by atoms with E-state index in [0.717, 1.165) is 29.7 Å². The normalized spacial score (nSPS) is 17.9. The monoisotopic (exact) mass is 314 g/mol. The number of rotatable bonds is 6. The number of nitrogens with zero attached hydrogens (tertiary/aromatic N) is 1. The highest BCUT2D eigenvalue weighted by atomic mass is 35.5. The molecule has 0 aliphatic heterocycles. The number of halogens is 2. The van der Waals surface area contributed by atoms with Crippen molar-refractivity contribution in [3.63, 3.8) is 0 Å². The summed E-state index contributed by atoms with van der Waals surface area (Å²) in [6.07, 6.45) is 5.49. The lowest BCUT2D eigenvalue weighted by Gasteiger charge is -2.25. The van der Waals surface area contributed by atoms with Gasteiger partial charge in [-0.25, -0.2) is 0 Å². The Kier molecular flexibility index (Phi) is 6.16. The molecule has 2 nitrogen and oxygen atoms in total. The SMILES string of the molecule is CC(NCCN(C)C1CCCC1)c1ccc(Cl)cc1Cl. The molecular weight excluding hydrogens is 291 g/mol. The summed E-state index contributed by atoms with van der Waals surface area (Å²) < 4.78 is 0. The average Bonchev–Trinajstić information content (AvgIpc) is 2.92. The second-order valence-electron chi connectivity index (χ2n) is 5.76. The second-order valence-corrected chi connectivity index (χ2v) is 6.60. The summed E-state index contributed by atoms with van der Waals surface area (Å²) in [6, 6.07) is 6.73. The first kappa shape index (κ1) is 16.1. The van der Waals surface area contributed by atoms with Gasteiger partial charge in [0.05, 0.1) is 0 Å². The smallest absolute Gasteiger partial charge is 0.0468 e. The highest BCUT2D eigenvalue weighted by Gasteiger charge is 2.19. The van der Waals surface area contributed by atoms with Crippen LogP contribution in [0.25, 0.3) is 0 Å². The van der Waals surface area contributed by atoms with Crippen LogP contribution >= 0.6 is 23.2 Å². The summed E-state index contributed by atoms with van der Waals surface area (Å²) in [7, 11) is 2.23. The molecular formula is C16H24Cl2N2. The zero-order valence-corrected chi connectivity index (χ0v) is 13.8. The Morgan fingerprint density at radius 2 is 2.00 bits per heavy atom. The molecule has 0 bridgehead atoms. The molecule has 1 N–H and O–H groups in total. The van der Waals surface area contributed by atoms with Crippen molar-refractivity contribution in [3.05, 3.63) is 33.8 Å². The van der Waals surface area contributed by atoms with Crippen molar-refractivity contribution in [1.82, 2.24) is 10.2 Å². The van der Waals surface area contributed by atoms with E-state index in [2.05, 4.69) is 24.2 Å². The number of nitrogens with one attached hydrogen (secondary N) is 1. The molecule has 1 aromatic carbocycles. The summed E-state index contributed by atoms with van der Waals surface area (Å²) >= 11 is 12.2. The zero-order valence-electron chi connectivity index (χ0n) is 12.3. The van der Waals surface area contributed by atoms with E-state index in [1.54, 1.807) is 6.07 Å².